The second-order valence-electron chi connectivity index (χ2n) is 3.45. The van der Waals surface area contributed by atoms with Crippen molar-refractivity contribution in [3.8, 4) is 0 Å². The number of halogens is 3. The van der Waals surface area contributed by atoms with Crippen LogP contribution in [0.25, 0.3) is 0 Å². The maximum absolute atomic E-state index is 13.1. The minimum Gasteiger partial charge on any atom is -0.481 e. The molecule has 1 aromatic carbocycles. The summed E-state index contributed by atoms with van der Waals surface area (Å²) in [6.07, 6.45) is 0.729. The molecule has 0 unspecified atom stereocenters. The van der Waals surface area contributed by atoms with Gasteiger partial charge in [-0.15, -0.1) is 0 Å². The summed E-state index contributed by atoms with van der Waals surface area (Å²) in [7, 11) is 0. The molecule has 0 aliphatic rings. The maximum atomic E-state index is 13.1. The van der Waals surface area contributed by atoms with Crippen LogP contribution < -0.4 is 0 Å². The minimum absolute atomic E-state index is 0.0373. The molecule has 5 heteroatoms. The normalized spacial score (nSPS) is 10.4. The Kier molecular flexibility index (Phi) is 4.34. The standard InChI is InChI=1S/C11H11F3O2/c12-7-5-9(13)8(10(14)6-7)3-1-2-4-11(15)16/h5-6H,1-4H2,(H,15,16). The van der Waals surface area contributed by atoms with Crippen LogP contribution in [0.4, 0.5) is 13.2 Å². The van der Waals surface area contributed by atoms with Crippen LogP contribution in [0, 0.1) is 17.5 Å². The van der Waals surface area contributed by atoms with Gasteiger partial charge in [0, 0.05) is 24.1 Å². The average Bonchev–Trinajstić information content (AvgIpc) is 2.14. The van der Waals surface area contributed by atoms with E-state index in [2.05, 4.69) is 0 Å². The molecule has 0 saturated carbocycles. The fourth-order valence-electron chi connectivity index (χ4n) is 1.39. The molecule has 88 valence electrons. The number of carbonyl (C=O) groups is 1. The van der Waals surface area contributed by atoms with Crippen LogP contribution in [-0.2, 0) is 11.2 Å². The van der Waals surface area contributed by atoms with Gasteiger partial charge < -0.3 is 5.11 Å². The molecule has 0 aromatic heterocycles. The van der Waals surface area contributed by atoms with Crippen LogP contribution in [0.5, 0.6) is 0 Å². The topological polar surface area (TPSA) is 37.3 Å². The van der Waals surface area contributed by atoms with Gasteiger partial charge in [0.05, 0.1) is 0 Å². The van der Waals surface area contributed by atoms with E-state index in [0.717, 1.165) is 0 Å². The zero-order valence-corrected chi connectivity index (χ0v) is 8.47. The Morgan fingerprint density at radius 2 is 1.69 bits per heavy atom. The number of carboxylic acid groups (broad SMARTS) is 1. The van der Waals surface area contributed by atoms with E-state index in [1.54, 1.807) is 0 Å². The van der Waals surface area contributed by atoms with Gasteiger partial charge in [0.2, 0.25) is 0 Å². The smallest absolute Gasteiger partial charge is 0.303 e. The van der Waals surface area contributed by atoms with Crippen molar-refractivity contribution in [3.05, 3.63) is 35.1 Å². The first-order valence-electron chi connectivity index (χ1n) is 4.86. The Morgan fingerprint density at radius 1 is 1.12 bits per heavy atom. The summed E-state index contributed by atoms with van der Waals surface area (Å²) in [5, 5.41) is 8.36. The second kappa shape index (κ2) is 5.53. The van der Waals surface area contributed by atoms with E-state index in [0.29, 0.717) is 25.0 Å². The predicted octanol–water partition coefficient (Wildman–Crippen LogP) is 2.90. The lowest BCUT2D eigenvalue weighted by Crippen LogP contribution is -1.99. The largest absolute Gasteiger partial charge is 0.481 e. The van der Waals surface area contributed by atoms with E-state index in [1.165, 1.54) is 0 Å². The van der Waals surface area contributed by atoms with Gasteiger partial charge in [-0.1, -0.05) is 0 Å². The Bertz CT molecular complexity index is 368. The van der Waals surface area contributed by atoms with Crippen LogP contribution >= 0.6 is 0 Å². The summed E-state index contributed by atoms with van der Waals surface area (Å²) < 4.78 is 38.7. The van der Waals surface area contributed by atoms with Gasteiger partial charge in [0.25, 0.3) is 0 Å². The molecule has 0 heterocycles. The molecular formula is C11H11F3O2. The molecule has 0 amide bonds. The SMILES string of the molecule is O=C(O)CCCCc1c(F)cc(F)cc1F. The Labute approximate surface area is 90.7 Å². The van der Waals surface area contributed by atoms with Crippen molar-refractivity contribution in [2.75, 3.05) is 0 Å². The maximum Gasteiger partial charge on any atom is 0.303 e. The molecule has 1 rings (SSSR count). The summed E-state index contributed by atoms with van der Waals surface area (Å²) in [5.74, 6) is -3.75. The van der Waals surface area contributed by atoms with Crippen molar-refractivity contribution in [1.82, 2.24) is 0 Å². The van der Waals surface area contributed by atoms with Crippen molar-refractivity contribution < 1.29 is 23.1 Å². The van der Waals surface area contributed by atoms with Gasteiger partial charge >= 0.3 is 5.97 Å². The highest BCUT2D eigenvalue weighted by Crippen LogP contribution is 2.17. The van der Waals surface area contributed by atoms with Crippen molar-refractivity contribution in [3.63, 3.8) is 0 Å². The summed E-state index contributed by atoms with van der Waals surface area (Å²) >= 11 is 0. The van der Waals surface area contributed by atoms with Gasteiger partial charge in [0.1, 0.15) is 17.5 Å². The molecule has 0 atom stereocenters. The van der Waals surface area contributed by atoms with Crippen molar-refractivity contribution in [1.29, 1.82) is 0 Å². The van der Waals surface area contributed by atoms with Gasteiger partial charge in [-0.25, -0.2) is 13.2 Å². The van der Waals surface area contributed by atoms with Gasteiger partial charge in [-0.2, -0.15) is 0 Å². The number of hydrogen-bond donors (Lipinski definition) is 1. The molecular weight excluding hydrogens is 221 g/mol. The highest BCUT2D eigenvalue weighted by Gasteiger charge is 2.11. The zero-order chi connectivity index (χ0) is 12.1. The minimum atomic E-state index is -0.954. The third-order valence-corrected chi connectivity index (χ3v) is 2.17. The van der Waals surface area contributed by atoms with Crippen LogP contribution in [-0.4, -0.2) is 11.1 Å². The van der Waals surface area contributed by atoms with E-state index in [4.69, 9.17) is 5.11 Å². The van der Waals surface area contributed by atoms with E-state index in [1.807, 2.05) is 0 Å². The highest BCUT2D eigenvalue weighted by molar-refractivity contribution is 5.66. The number of carboxylic acids is 1. The van der Waals surface area contributed by atoms with Crippen LogP contribution in [0.1, 0.15) is 24.8 Å². The van der Waals surface area contributed by atoms with Crippen molar-refractivity contribution in [2.24, 2.45) is 0 Å². The molecule has 0 bridgehead atoms. The van der Waals surface area contributed by atoms with Crippen molar-refractivity contribution in [2.45, 2.75) is 25.7 Å². The van der Waals surface area contributed by atoms with Crippen LogP contribution in [0.3, 0.4) is 0 Å². The lowest BCUT2D eigenvalue weighted by molar-refractivity contribution is -0.137. The monoisotopic (exact) mass is 232 g/mol. The van der Waals surface area contributed by atoms with Crippen LogP contribution in [0.2, 0.25) is 0 Å². The fraction of sp³-hybridized carbons (Fsp3) is 0.364. The van der Waals surface area contributed by atoms with E-state index < -0.39 is 23.4 Å². The molecule has 0 radical (unpaired) electrons. The fourth-order valence-corrected chi connectivity index (χ4v) is 1.39. The Morgan fingerprint density at radius 3 is 2.19 bits per heavy atom. The molecule has 1 aromatic rings. The van der Waals surface area contributed by atoms with Gasteiger partial charge in [-0.05, 0) is 19.3 Å². The first-order valence-corrected chi connectivity index (χ1v) is 4.86. The molecule has 0 fully saturated rings. The van der Waals surface area contributed by atoms with Gasteiger partial charge in [0.15, 0.2) is 0 Å². The summed E-state index contributed by atoms with van der Waals surface area (Å²) in [5.41, 5.74) is -0.188. The second-order valence-corrected chi connectivity index (χ2v) is 3.45. The average molecular weight is 232 g/mol. The molecule has 0 aliphatic heterocycles. The van der Waals surface area contributed by atoms with Crippen LogP contribution in [0.15, 0.2) is 12.1 Å². The Balaban J connectivity index is 2.57. The predicted molar refractivity (Wildman–Crippen MR) is 51.5 cm³/mol. The number of rotatable bonds is 5. The summed E-state index contributed by atoms with van der Waals surface area (Å²) in [6.45, 7) is 0. The third-order valence-electron chi connectivity index (χ3n) is 2.17. The lowest BCUT2D eigenvalue weighted by atomic mass is 10.1. The number of hydrogen-bond acceptors (Lipinski definition) is 1. The molecule has 1 N–H and O–H groups in total. The van der Waals surface area contributed by atoms with E-state index >= 15 is 0 Å². The Hall–Kier alpha value is -1.52. The van der Waals surface area contributed by atoms with Crippen molar-refractivity contribution >= 4 is 5.97 Å². The molecule has 16 heavy (non-hydrogen) atoms. The van der Waals surface area contributed by atoms with E-state index in [-0.39, 0.29) is 18.4 Å². The lowest BCUT2D eigenvalue weighted by Gasteiger charge is -2.04. The number of aliphatic carboxylic acids is 1. The zero-order valence-electron chi connectivity index (χ0n) is 8.47. The third kappa shape index (κ3) is 3.56. The molecule has 2 nitrogen and oxygen atoms in total. The first kappa shape index (κ1) is 12.5. The molecule has 0 aliphatic carbocycles. The van der Waals surface area contributed by atoms with E-state index in [9.17, 15) is 18.0 Å². The summed E-state index contributed by atoms with van der Waals surface area (Å²) in [4.78, 5) is 10.2. The quantitative estimate of drug-likeness (QED) is 0.792. The summed E-state index contributed by atoms with van der Waals surface area (Å²) in [6, 6.07) is 1.24. The number of benzene rings is 1. The highest BCUT2D eigenvalue weighted by atomic mass is 19.1. The molecule has 0 spiro atoms. The van der Waals surface area contributed by atoms with Gasteiger partial charge in [-0.3, -0.25) is 4.79 Å². The number of unbranched alkanes of at least 4 members (excludes halogenated alkanes) is 1. The first-order chi connectivity index (χ1) is 7.50. The molecule has 0 saturated heterocycles.